The SMILES string of the molecule is COCCN(CCN(C)C)C(=O)c1ccc(Br)c(F)c1. The first-order valence-corrected chi connectivity index (χ1v) is 7.13. The first kappa shape index (κ1) is 17.1. The standard InChI is InChI=1S/C14H20BrFN2O2/c1-17(2)6-7-18(8-9-20-3)14(19)11-4-5-12(15)13(16)10-11/h4-5,10H,6-9H2,1-3H3. The van der Waals surface area contributed by atoms with E-state index in [4.69, 9.17) is 4.74 Å². The minimum absolute atomic E-state index is 0.185. The molecule has 6 heteroatoms. The number of hydrogen-bond acceptors (Lipinski definition) is 3. The van der Waals surface area contributed by atoms with Gasteiger partial charge in [0.1, 0.15) is 5.82 Å². The normalized spacial score (nSPS) is 10.9. The largest absolute Gasteiger partial charge is 0.383 e. The van der Waals surface area contributed by atoms with Crippen LogP contribution in [0, 0.1) is 5.82 Å². The maximum Gasteiger partial charge on any atom is 0.254 e. The Morgan fingerprint density at radius 3 is 2.55 bits per heavy atom. The van der Waals surface area contributed by atoms with E-state index in [1.807, 2.05) is 19.0 Å². The van der Waals surface area contributed by atoms with E-state index in [2.05, 4.69) is 15.9 Å². The molecular formula is C14H20BrFN2O2. The number of rotatable bonds is 7. The van der Waals surface area contributed by atoms with Crippen LogP contribution in [0.3, 0.4) is 0 Å². The van der Waals surface area contributed by atoms with Crippen molar-refractivity contribution in [1.29, 1.82) is 0 Å². The average molecular weight is 347 g/mol. The summed E-state index contributed by atoms with van der Waals surface area (Å²) < 4.78 is 18.9. The lowest BCUT2D eigenvalue weighted by molar-refractivity contribution is 0.0682. The number of carbonyl (C=O) groups is 1. The molecule has 0 fully saturated rings. The molecule has 112 valence electrons. The minimum atomic E-state index is -0.435. The molecule has 0 spiro atoms. The van der Waals surface area contributed by atoms with Gasteiger partial charge in [-0.2, -0.15) is 0 Å². The molecule has 1 aromatic rings. The fraction of sp³-hybridized carbons (Fsp3) is 0.500. The molecule has 0 atom stereocenters. The quantitative estimate of drug-likeness (QED) is 0.759. The highest BCUT2D eigenvalue weighted by Crippen LogP contribution is 2.17. The van der Waals surface area contributed by atoms with Gasteiger partial charge < -0.3 is 14.5 Å². The third-order valence-corrected chi connectivity index (χ3v) is 3.48. The van der Waals surface area contributed by atoms with Gasteiger partial charge in [-0.25, -0.2) is 4.39 Å². The van der Waals surface area contributed by atoms with Gasteiger partial charge in [-0.3, -0.25) is 4.79 Å². The number of hydrogen-bond donors (Lipinski definition) is 0. The molecule has 0 aromatic heterocycles. The average Bonchev–Trinajstić information content (AvgIpc) is 2.41. The predicted octanol–water partition coefficient (Wildman–Crippen LogP) is 2.24. The van der Waals surface area contributed by atoms with Crippen molar-refractivity contribution in [1.82, 2.24) is 9.80 Å². The van der Waals surface area contributed by atoms with E-state index < -0.39 is 5.82 Å². The smallest absolute Gasteiger partial charge is 0.254 e. The van der Waals surface area contributed by atoms with Gasteiger partial charge in [-0.15, -0.1) is 0 Å². The molecule has 0 N–H and O–H groups in total. The number of ether oxygens (including phenoxy) is 1. The highest BCUT2D eigenvalue weighted by Gasteiger charge is 2.16. The molecule has 1 amide bonds. The Kier molecular flexibility index (Phi) is 7.12. The van der Waals surface area contributed by atoms with E-state index in [0.29, 0.717) is 29.7 Å². The topological polar surface area (TPSA) is 32.8 Å². The Hall–Kier alpha value is -0.980. The number of nitrogens with zero attached hydrogens (tertiary/aromatic N) is 2. The van der Waals surface area contributed by atoms with Crippen molar-refractivity contribution in [2.75, 3.05) is 47.4 Å². The number of amides is 1. The fourth-order valence-electron chi connectivity index (χ4n) is 1.65. The van der Waals surface area contributed by atoms with Crippen LogP contribution >= 0.6 is 15.9 Å². The van der Waals surface area contributed by atoms with Crippen LogP contribution in [0.4, 0.5) is 4.39 Å². The second kappa shape index (κ2) is 8.34. The van der Waals surface area contributed by atoms with Gasteiger partial charge in [-0.05, 0) is 48.2 Å². The zero-order valence-corrected chi connectivity index (χ0v) is 13.6. The zero-order valence-electron chi connectivity index (χ0n) is 12.0. The van der Waals surface area contributed by atoms with Gasteiger partial charge in [0.05, 0.1) is 11.1 Å². The summed E-state index contributed by atoms with van der Waals surface area (Å²) in [6.45, 7) is 2.26. The predicted molar refractivity (Wildman–Crippen MR) is 80.4 cm³/mol. The molecule has 1 rings (SSSR count). The molecule has 0 saturated carbocycles. The van der Waals surface area contributed by atoms with Crippen molar-refractivity contribution >= 4 is 21.8 Å². The monoisotopic (exact) mass is 346 g/mol. The third-order valence-electron chi connectivity index (χ3n) is 2.84. The highest BCUT2D eigenvalue weighted by molar-refractivity contribution is 9.10. The molecule has 0 aliphatic heterocycles. The van der Waals surface area contributed by atoms with Crippen LogP contribution in [0.5, 0.6) is 0 Å². The summed E-state index contributed by atoms with van der Waals surface area (Å²) in [5.74, 6) is -0.620. The Bertz CT molecular complexity index is 455. The van der Waals surface area contributed by atoms with Gasteiger partial charge in [0.25, 0.3) is 5.91 Å². The lowest BCUT2D eigenvalue weighted by Crippen LogP contribution is -2.38. The molecule has 0 aliphatic rings. The Labute approximate surface area is 127 Å². The van der Waals surface area contributed by atoms with Crippen molar-refractivity contribution in [3.05, 3.63) is 34.1 Å². The maximum absolute atomic E-state index is 13.5. The molecule has 0 aliphatic carbocycles. The van der Waals surface area contributed by atoms with Crippen molar-refractivity contribution in [2.45, 2.75) is 0 Å². The Balaban J connectivity index is 2.81. The van der Waals surface area contributed by atoms with E-state index in [9.17, 15) is 9.18 Å². The van der Waals surface area contributed by atoms with Crippen molar-refractivity contribution in [3.8, 4) is 0 Å². The van der Waals surface area contributed by atoms with Crippen LogP contribution in [0.15, 0.2) is 22.7 Å². The van der Waals surface area contributed by atoms with Gasteiger partial charge in [0, 0.05) is 32.3 Å². The fourth-order valence-corrected chi connectivity index (χ4v) is 1.90. The lowest BCUT2D eigenvalue weighted by atomic mass is 10.2. The van der Waals surface area contributed by atoms with Crippen LogP contribution in [0.1, 0.15) is 10.4 Å². The van der Waals surface area contributed by atoms with Crippen LogP contribution in [0.25, 0.3) is 0 Å². The van der Waals surface area contributed by atoms with Crippen LogP contribution in [-0.4, -0.2) is 63.2 Å². The van der Waals surface area contributed by atoms with Crippen LogP contribution in [-0.2, 0) is 4.74 Å². The van der Waals surface area contributed by atoms with E-state index in [0.717, 1.165) is 6.54 Å². The van der Waals surface area contributed by atoms with Gasteiger partial charge >= 0.3 is 0 Å². The third kappa shape index (κ3) is 5.19. The van der Waals surface area contributed by atoms with Gasteiger partial charge in [0.2, 0.25) is 0 Å². The van der Waals surface area contributed by atoms with Gasteiger partial charge in [-0.1, -0.05) is 0 Å². The second-order valence-electron chi connectivity index (χ2n) is 4.72. The second-order valence-corrected chi connectivity index (χ2v) is 5.57. The van der Waals surface area contributed by atoms with E-state index in [1.54, 1.807) is 24.1 Å². The number of methoxy groups -OCH3 is 1. The number of halogens is 2. The molecule has 0 heterocycles. The van der Waals surface area contributed by atoms with Crippen molar-refractivity contribution in [3.63, 3.8) is 0 Å². The zero-order chi connectivity index (χ0) is 15.1. The minimum Gasteiger partial charge on any atom is -0.383 e. The molecule has 0 radical (unpaired) electrons. The Morgan fingerprint density at radius 2 is 2.00 bits per heavy atom. The molecule has 20 heavy (non-hydrogen) atoms. The number of benzene rings is 1. The summed E-state index contributed by atoms with van der Waals surface area (Å²) in [5, 5.41) is 0. The van der Waals surface area contributed by atoms with Crippen LogP contribution < -0.4 is 0 Å². The first-order chi connectivity index (χ1) is 9.45. The van der Waals surface area contributed by atoms with Crippen molar-refractivity contribution in [2.24, 2.45) is 0 Å². The van der Waals surface area contributed by atoms with Crippen LogP contribution in [0.2, 0.25) is 0 Å². The molecule has 0 unspecified atom stereocenters. The molecule has 0 bridgehead atoms. The maximum atomic E-state index is 13.5. The summed E-state index contributed by atoms with van der Waals surface area (Å²) in [6.07, 6.45) is 0. The van der Waals surface area contributed by atoms with E-state index in [-0.39, 0.29) is 5.91 Å². The summed E-state index contributed by atoms with van der Waals surface area (Å²) >= 11 is 3.08. The summed E-state index contributed by atoms with van der Waals surface area (Å²) in [4.78, 5) is 16.1. The highest BCUT2D eigenvalue weighted by atomic mass is 79.9. The number of likely N-dealkylation sites (N-methyl/N-ethyl adjacent to an activating group) is 1. The number of carbonyl (C=O) groups excluding carboxylic acids is 1. The summed E-state index contributed by atoms with van der Waals surface area (Å²) in [6, 6.07) is 4.41. The van der Waals surface area contributed by atoms with E-state index >= 15 is 0 Å². The first-order valence-electron chi connectivity index (χ1n) is 6.33. The van der Waals surface area contributed by atoms with Crippen molar-refractivity contribution < 1.29 is 13.9 Å². The van der Waals surface area contributed by atoms with Gasteiger partial charge in [0.15, 0.2) is 0 Å². The van der Waals surface area contributed by atoms with E-state index in [1.165, 1.54) is 6.07 Å². The molecule has 1 aromatic carbocycles. The summed E-state index contributed by atoms with van der Waals surface area (Å²) in [7, 11) is 5.48. The summed E-state index contributed by atoms with van der Waals surface area (Å²) in [5.41, 5.74) is 0.348. The Morgan fingerprint density at radius 1 is 1.30 bits per heavy atom. The molecule has 4 nitrogen and oxygen atoms in total. The molecule has 0 saturated heterocycles. The lowest BCUT2D eigenvalue weighted by Gasteiger charge is -2.24. The molecular weight excluding hydrogens is 327 g/mol.